The van der Waals surface area contributed by atoms with Crippen LogP contribution in [-0.4, -0.2) is 22.8 Å². The molecule has 0 saturated carbocycles. The van der Waals surface area contributed by atoms with Crippen molar-refractivity contribution in [2.75, 3.05) is 5.75 Å². The Kier molecular flexibility index (Phi) is 5.55. The second-order valence-corrected chi connectivity index (χ2v) is 5.04. The summed E-state index contributed by atoms with van der Waals surface area (Å²) < 4.78 is 27.0. The van der Waals surface area contributed by atoms with E-state index in [1.807, 2.05) is 0 Å². The van der Waals surface area contributed by atoms with Crippen molar-refractivity contribution in [3.63, 3.8) is 0 Å². The quantitative estimate of drug-likeness (QED) is 0.809. The van der Waals surface area contributed by atoms with Crippen LogP contribution < -0.4 is 5.32 Å². The second-order valence-electron chi connectivity index (χ2n) is 4.06. The molecule has 0 heterocycles. The predicted octanol–water partition coefficient (Wildman–Crippen LogP) is 2.07. The largest absolute Gasteiger partial charge is 0.392 e. The minimum absolute atomic E-state index is 0.00967. The van der Waals surface area contributed by atoms with E-state index in [0.29, 0.717) is 0 Å². The van der Waals surface area contributed by atoms with Crippen molar-refractivity contribution in [1.82, 2.24) is 5.32 Å². The number of amides is 1. The summed E-state index contributed by atoms with van der Waals surface area (Å²) >= 11 is 0.799. The minimum Gasteiger partial charge on any atom is -0.392 e. The van der Waals surface area contributed by atoms with Gasteiger partial charge in [0.2, 0.25) is 5.91 Å². The van der Waals surface area contributed by atoms with Crippen LogP contribution in [0, 0.1) is 11.6 Å². The Labute approximate surface area is 109 Å². The lowest BCUT2D eigenvalue weighted by atomic mass is 10.2. The third kappa shape index (κ3) is 4.27. The Hall–Kier alpha value is -1.14. The highest BCUT2D eigenvalue weighted by molar-refractivity contribution is 8.00. The van der Waals surface area contributed by atoms with Gasteiger partial charge in [-0.25, -0.2) is 8.78 Å². The number of hydrogen-bond donors (Lipinski definition) is 2. The average molecular weight is 275 g/mol. The zero-order valence-corrected chi connectivity index (χ0v) is 11.0. The van der Waals surface area contributed by atoms with Crippen LogP contribution in [0.2, 0.25) is 0 Å². The van der Waals surface area contributed by atoms with E-state index in [-0.39, 0.29) is 28.2 Å². The third-order valence-electron chi connectivity index (χ3n) is 2.04. The lowest BCUT2D eigenvalue weighted by molar-refractivity contribution is -0.119. The number of carbonyl (C=O) groups is 1. The van der Waals surface area contributed by atoms with Gasteiger partial charge in [-0.05, 0) is 31.5 Å². The number of nitrogens with one attached hydrogen (secondary N) is 1. The van der Waals surface area contributed by atoms with E-state index >= 15 is 0 Å². The van der Waals surface area contributed by atoms with Crippen molar-refractivity contribution in [3.8, 4) is 0 Å². The molecule has 0 radical (unpaired) electrons. The predicted molar refractivity (Wildman–Crippen MR) is 66.3 cm³/mol. The molecular formula is C12H15F2NO2S. The summed E-state index contributed by atoms with van der Waals surface area (Å²) in [4.78, 5) is 11.2. The van der Waals surface area contributed by atoms with Crippen LogP contribution in [0.3, 0.4) is 0 Å². The Morgan fingerprint density at radius 3 is 2.39 bits per heavy atom. The van der Waals surface area contributed by atoms with E-state index < -0.39 is 18.2 Å². The first-order chi connectivity index (χ1) is 8.43. The van der Waals surface area contributed by atoms with Gasteiger partial charge in [0, 0.05) is 6.04 Å². The zero-order valence-electron chi connectivity index (χ0n) is 10.2. The van der Waals surface area contributed by atoms with Gasteiger partial charge in [0.1, 0.15) is 11.6 Å². The van der Waals surface area contributed by atoms with Gasteiger partial charge in [0.05, 0.1) is 17.3 Å². The van der Waals surface area contributed by atoms with Gasteiger partial charge in [-0.1, -0.05) is 0 Å². The number of benzene rings is 1. The van der Waals surface area contributed by atoms with Crippen LogP contribution in [0.5, 0.6) is 0 Å². The first-order valence-corrected chi connectivity index (χ1v) is 6.43. The molecule has 0 fully saturated rings. The summed E-state index contributed by atoms with van der Waals surface area (Å²) in [5, 5.41) is 11.4. The van der Waals surface area contributed by atoms with Gasteiger partial charge in [-0.3, -0.25) is 4.79 Å². The highest BCUT2D eigenvalue weighted by Gasteiger charge is 2.13. The maximum atomic E-state index is 13.5. The molecule has 0 aliphatic heterocycles. The standard InChI is InChI=1S/C12H15F2NO2S/c1-7(2)15-11(17)6-18-12-9(13)3-8(5-16)4-10(12)14/h3-4,7,16H,5-6H2,1-2H3,(H,15,17). The summed E-state index contributed by atoms with van der Waals surface area (Å²) in [6.45, 7) is 3.19. The van der Waals surface area contributed by atoms with Gasteiger partial charge in [-0.15, -0.1) is 11.8 Å². The lowest BCUT2D eigenvalue weighted by Gasteiger charge is -2.09. The number of carbonyl (C=O) groups excluding carboxylic acids is 1. The van der Waals surface area contributed by atoms with Crippen LogP contribution in [0.25, 0.3) is 0 Å². The molecule has 1 aromatic carbocycles. The molecule has 1 amide bonds. The molecule has 0 atom stereocenters. The first-order valence-electron chi connectivity index (χ1n) is 5.45. The van der Waals surface area contributed by atoms with Gasteiger partial charge in [0.25, 0.3) is 0 Å². The Morgan fingerprint density at radius 1 is 1.39 bits per heavy atom. The molecule has 0 spiro atoms. The molecule has 0 aliphatic rings. The van der Waals surface area contributed by atoms with Crippen molar-refractivity contribution in [3.05, 3.63) is 29.3 Å². The monoisotopic (exact) mass is 275 g/mol. The van der Waals surface area contributed by atoms with Gasteiger partial charge in [-0.2, -0.15) is 0 Å². The number of aliphatic hydroxyl groups excluding tert-OH is 1. The molecule has 0 saturated heterocycles. The minimum atomic E-state index is -0.763. The summed E-state index contributed by atoms with van der Waals surface area (Å²) in [5.41, 5.74) is 0.168. The molecule has 1 aromatic rings. The zero-order chi connectivity index (χ0) is 13.7. The molecule has 100 valence electrons. The molecule has 0 aromatic heterocycles. The highest BCUT2D eigenvalue weighted by atomic mass is 32.2. The molecule has 6 heteroatoms. The van der Waals surface area contributed by atoms with Gasteiger partial charge in [0.15, 0.2) is 0 Å². The smallest absolute Gasteiger partial charge is 0.230 e. The van der Waals surface area contributed by atoms with Crippen LogP contribution in [0.15, 0.2) is 17.0 Å². The van der Waals surface area contributed by atoms with Crippen LogP contribution in [0.1, 0.15) is 19.4 Å². The van der Waals surface area contributed by atoms with E-state index in [2.05, 4.69) is 5.32 Å². The van der Waals surface area contributed by atoms with E-state index in [0.717, 1.165) is 23.9 Å². The fourth-order valence-corrected chi connectivity index (χ4v) is 2.10. The van der Waals surface area contributed by atoms with E-state index in [9.17, 15) is 13.6 Å². The van der Waals surface area contributed by atoms with Crippen LogP contribution in [-0.2, 0) is 11.4 Å². The Morgan fingerprint density at radius 2 is 1.94 bits per heavy atom. The number of hydrogen-bond acceptors (Lipinski definition) is 3. The Balaban J connectivity index is 2.70. The molecule has 0 bridgehead atoms. The van der Waals surface area contributed by atoms with Gasteiger partial charge >= 0.3 is 0 Å². The highest BCUT2D eigenvalue weighted by Crippen LogP contribution is 2.26. The molecule has 18 heavy (non-hydrogen) atoms. The normalized spacial score (nSPS) is 10.8. The van der Waals surface area contributed by atoms with Crippen molar-refractivity contribution in [1.29, 1.82) is 0 Å². The van der Waals surface area contributed by atoms with Crippen molar-refractivity contribution < 1.29 is 18.7 Å². The van der Waals surface area contributed by atoms with Crippen molar-refractivity contribution >= 4 is 17.7 Å². The topological polar surface area (TPSA) is 49.3 Å². The summed E-state index contributed by atoms with van der Waals surface area (Å²) in [5.74, 6) is -1.85. The maximum Gasteiger partial charge on any atom is 0.230 e. The lowest BCUT2D eigenvalue weighted by Crippen LogP contribution is -2.31. The molecule has 0 aliphatic carbocycles. The van der Waals surface area contributed by atoms with Crippen LogP contribution >= 0.6 is 11.8 Å². The Bertz CT molecular complexity index is 415. The molecule has 1 rings (SSSR count). The average Bonchev–Trinajstić information content (AvgIpc) is 2.26. The molecule has 3 nitrogen and oxygen atoms in total. The van der Waals surface area contributed by atoms with E-state index in [4.69, 9.17) is 5.11 Å². The van der Waals surface area contributed by atoms with Crippen molar-refractivity contribution in [2.45, 2.75) is 31.4 Å². The first kappa shape index (κ1) is 14.9. The van der Waals surface area contributed by atoms with E-state index in [1.54, 1.807) is 13.8 Å². The van der Waals surface area contributed by atoms with Crippen molar-refractivity contribution in [2.24, 2.45) is 0 Å². The SMILES string of the molecule is CC(C)NC(=O)CSc1c(F)cc(CO)cc1F. The maximum absolute atomic E-state index is 13.5. The number of rotatable bonds is 5. The molecule has 2 N–H and O–H groups in total. The summed E-state index contributed by atoms with van der Waals surface area (Å²) in [6.07, 6.45) is 0. The number of aliphatic hydroxyl groups is 1. The number of thioether (sulfide) groups is 1. The number of halogens is 2. The second kappa shape index (κ2) is 6.70. The van der Waals surface area contributed by atoms with E-state index in [1.165, 1.54) is 0 Å². The molecular weight excluding hydrogens is 260 g/mol. The van der Waals surface area contributed by atoms with Crippen LogP contribution in [0.4, 0.5) is 8.78 Å². The fourth-order valence-electron chi connectivity index (χ4n) is 1.34. The fraction of sp³-hybridized carbons (Fsp3) is 0.417. The third-order valence-corrected chi connectivity index (χ3v) is 3.12. The summed E-state index contributed by atoms with van der Waals surface area (Å²) in [7, 11) is 0. The summed E-state index contributed by atoms with van der Waals surface area (Å²) in [6, 6.07) is 2.11. The molecule has 0 unspecified atom stereocenters. The van der Waals surface area contributed by atoms with Gasteiger partial charge < -0.3 is 10.4 Å².